The Morgan fingerprint density at radius 2 is 1.63 bits per heavy atom. The second kappa shape index (κ2) is 13.4. The van der Waals surface area contributed by atoms with Crippen LogP contribution < -0.4 is 14.4 Å². The van der Waals surface area contributed by atoms with E-state index in [1.165, 1.54) is 18.1 Å². The number of carbonyl (C=O) groups is 2. The van der Waals surface area contributed by atoms with Crippen molar-refractivity contribution in [3.63, 3.8) is 0 Å². The van der Waals surface area contributed by atoms with E-state index in [0.29, 0.717) is 0 Å². The minimum Gasteiger partial charge on any atom is -0.495 e. The van der Waals surface area contributed by atoms with E-state index in [-0.39, 0.29) is 35.3 Å². The molecule has 0 saturated heterocycles. The highest BCUT2D eigenvalue weighted by Gasteiger charge is 2.35. The largest absolute Gasteiger partial charge is 0.495 e. The van der Waals surface area contributed by atoms with E-state index in [0.717, 1.165) is 27.3 Å². The molecule has 41 heavy (non-hydrogen) atoms. The second-order valence-electron chi connectivity index (χ2n) is 11.0. The Balaban J connectivity index is 2.13. The van der Waals surface area contributed by atoms with E-state index in [2.05, 4.69) is 5.32 Å². The minimum atomic E-state index is -3.96. The van der Waals surface area contributed by atoms with Crippen LogP contribution in [0.3, 0.4) is 0 Å². The minimum absolute atomic E-state index is 0.102. The van der Waals surface area contributed by atoms with Gasteiger partial charge in [-0.1, -0.05) is 66.2 Å². The average molecular weight is 600 g/mol. The molecule has 0 spiro atoms. The van der Waals surface area contributed by atoms with Crippen LogP contribution in [0.5, 0.6) is 5.75 Å². The van der Waals surface area contributed by atoms with Crippen LogP contribution >= 0.6 is 11.6 Å². The molecule has 3 aromatic carbocycles. The number of anilines is 1. The number of carbonyl (C=O) groups excluding carboxylic acids is 2. The fraction of sp³-hybridized carbons (Fsp3) is 0.355. The Hall–Kier alpha value is -3.56. The van der Waals surface area contributed by atoms with Gasteiger partial charge in [-0.15, -0.1) is 0 Å². The van der Waals surface area contributed by atoms with Gasteiger partial charge >= 0.3 is 0 Å². The standard InChI is InChI=1S/C31H38ClN3O5S/c1-22-12-10-11-15-24(22)20-34(27(30(37)33-31(2,3)4)18-23-13-8-7-9-14-23)29(36)21-35(41(6,38)39)26-19-25(32)16-17-28(26)40-5/h7-17,19,27H,18,20-21H2,1-6H3,(H,33,37)/t27-/m0/s1. The molecule has 0 fully saturated rings. The van der Waals surface area contributed by atoms with Gasteiger partial charge in [0.25, 0.3) is 0 Å². The molecule has 2 amide bonds. The van der Waals surface area contributed by atoms with Crippen LogP contribution in [-0.4, -0.2) is 56.6 Å². The monoisotopic (exact) mass is 599 g/mol. The van der Waals surface area contributed by atoms with Crippen LogP contribution in [0.25, 0.3) is 0 Å². The summed E-state index contributed by atoms with van der Waals surface area (Å²) >= 11 is 6.21. The molecule has 0 heterocycles. The van der Waals surface area contributed by atoms with Gasteiger partial charge in [-0.05, 0) is 62.6 Å². The van der Waals surface area contributed by atoms with Gasteiger partial charge in [0, 0.05) is 23.5 Å². The average Bonchev–Trinajstić information content (AvgIpc) is 2.89. The Bertz CT molecular complexity index is 1470. The number of rotatable bonds is 11. The summed E-state index contributed by atoms with van der Waals surface area (Å²) in [5.41, 5.74) is 2.22. The van der Waals surface area contributed by atoms with E-state index >= 15 is 0 Å². The number of hydrogen-bond donors (Lipinski definition) is 1. The fourth-order valence-corrected chi connectivity index (χ4v) is 5.44. The highest BCUT2D eigenvalue weighted by atomic mass is 35.5. The van der Waals surface area contributed by atoms with Crippen LogP contribution in [0.1, 0.15) is 37.5 Å². The molecule has 1 atom stereocenters. The molecule has 0 aliphatic rings. The van der Waals surface area contributed by atoms with Crippen molar-refractivity contribution >= 4 is 39.1 Å². The van der Waals surface area contributed by atoms with E-state index in [1.54, 1.807) is 12.1 Å². The smallest absolute Gasteiger partial charge is 0.244 e. The van der Waals surface area contributed by atoms with Crippen molar-refractivity contribution in [1.29, 1.82) is 0 Å². The number of ether oxygens (including phenoxy) is 1. The van der Waals surface area contributed by atoms with Gasteiger partial charge in [0.05, 0.1) is 19.1 Å². The van der Waals surface area contributed by atoms with Gasteiger partial charge in [-0.3, -0.25) is 13.9 Å². The van der Waals surface area contributed by atoms with E-state index in [9.17, 15) is 18.0 Å². The number of amides is 2. The van der Waals surface area contributed by atoms with Gasteiger partial charge < -0.3 is 15.0 Å². The maximum Gasteiger partial charge on any atom is 0.244 e. The number of benzene rings is 3. The summed E-state index contributed by atoms with van der Waals surface area (Å²) in [6.07, 6.45) is 1.25. The van der Waals surface area contributed by atoms with Crippen molar-refractivity contribution < 1.29 is 22.7 Å². The Morgan fingerprint density at radius 1 is 1.00 bits per heavy atom. The first-order valence-electron chi connectivity index (χ1n) is 13.2. The Kier molecular flexibility index (Phi) is 10.4. The van der Waals surface area contributed by atoms with Crippen LogP contribution in [0.15, 0.2) is 72.8 Å². The molecule has 0 aliphatic carbocycles. The molecular weight excluding hydrogens is 562 g/mol. The number of nitrogens with zero attached hydrogens (tertiary/aromatic N) is 2. The fourth-order valence-electron chi connectivity index (χ4n) is 4.43. The van der Waals surface area contributed by atoms with Crippen molar-refractivity contribution in [1.82, 2.24) is 10.2 Å². The summed E-state index contributed by atoms with van der Waals surface area (Å²) in [6.45, 7) is 7.08. The normalized spacial score (nSPS) is 12.4. The predicted octanol–water partition coefficient (Wildman–Crippen LogP) is 4.98. The van der Waals surface area contributed by atoms with Crippen molar-refractivity contribution in [3.05, 3.63) is 94.5 Å². The number of methoxy groups -OCH3 is 1. The highest BCUT2D eigenvalue weighted by molar-refractivity contribution is 7.92. The zero-order valence-corrected chi connectivity index (χ0v) is 25.9. The summed E-state index contributed by atoms with van der Waals surface area (Å²) in [5.74, 6) is -0.649. The molecule has 3 rings (SSSR count). The van der Waals surface area contributed by atoms with E-state index in [4.69, 9.17) is 16.3 Å². The Morgan fingerprint density at radius 3 is 2.22 bits per heavy atom. The summed E-state index contributed by atoms with van der Waals surface area (Å²) in [6, 6.07) is 20.6. The lowest BCUT2D eigenvalue weighted by Crippen LogP contribution is -2.56. The van der Waals surface area contributed by atoms with Gasteiger partial charge in [0.1, 0.15) is 18.3 Å². The van der Waals surface area contributed by atoms with Crippen LogP contribution in [-0.2, 0) is 32.6 Å². The molecule has 0 radical (unpaired) electrons. The van der Waals surface area contributed by atoms with Crippen molar-refractivity contribution in [2.75, 3.05) is 24.2 Å². The molecule has 220 valence electrons. The van der Waals surface area contributed by atoms with Gasteiger partial charge in [-0.25, -0.2) is 8.42 Å². The predicted molar refractivity (Wildman–Crippen MR) is 164 cm³/mol. The summed E-state index contributed by atoms with van der Waals surface area (Å²) < 4.78 is 32.4. The maximum absolute atomic E-state index is 14.2. The molecule has 8 nitrogen and oxygen atoms in total. The molecule has 0 aromatic heterocycles. The molecule has 0 saturated carbocycles. The molecule has 0 aliphatic heterocycles. The third-order valence-electron chi connectivity index (χ3n) is 6.46. The molecule has 0 unspecified atom stereocenters. The zero-order valence-electron chi connectivity index (χ0n) is 24.3. The number of aryl methyl sites for hydroxylation is 1. The summed E-state index contributed by atoms with van der Waals surface area (Å²) in [7, 11) is -2.55. The third-order valence-corrected chi connectivity index (χ3v) is 7.82. The first-order valence-corrected chi connectivity index (χ1v) is 15.4. The lowest BCUT2D eigenvalue weighted by atomic mass is 10.00. The molecule has 0 bridgehead atoms. The molecular formula is C31H38ClN3O5S. The van der Waals surface area contributed by atoms with Crippen LogP contribution in [0.2, 0.25) is 5.02 Å². The summed E-state index contributed by atoms with van der Waals surface area (Å²) in [4.78, 5) is 29.5. The van der Waals surface area contributed by atoms with Gasteiger partial charge in [-0.2, -0.15) is 0 Å². The second-order valence-corrected chi connectivity index (χ2v) is 13.3. The third kappa shape index (κ3) is 8.96. The van der Waals surface area contributed by atoms with Crippen molar-refractivity contribution in [3.8, 4) is 5.75 Å². The lowest BCUT2D eigenvalue weighted by molar-refractivity contribution is -0.140. The number of sulfonamides is 1. The Labute approximate surface area is 248 Å². The van der Waals surface area contributed by atoms with E-state index in [1.807, 2.05) is 82.3 Å². The number of halogens is 1. The molecule has 1 N–H and O–H groups in total. The topological polar surface area (TPSA) is 96.0 Å². The quantitative estimate of drug-likeness (QED) is 0.335. The number of nitrogens with one attached hydrogen (secondary N) is 1. The first kappa shape index (κ1) is 32.0. The zero-order chi connectivity index (χ0) is 30.4. The van der Waals surface area contributed by atoms with Crippen LogP contribution in [0, 0.1) is 6.92 Å². The van der Waals surface area contributed by atoms with Gasteiger partial charge in [0.15, 0.2) is 0 Å². The molecule has 10 heteroatoms. The maximum atomic E-state index is 14.2. The SMILES string of the molecule is COc1ccc(Cl)cc1N(CC(=O)N(Cc1ccccc1C)[C@@H](Cc1ccccc1)C(=O)NC(C)(C)C)S(C)(=O)=O. The van der Waals surface area contributed by atoms with Crippen LogP contribution in [0.4, 0.5) is 5.69 Å². The lowest BCUT2D eigenvalue weighted by Gasteiger charge is -2.35. The van der Waals surface area contributed by atoms with Crippen molar-refractivity contribution in [2.24, 2.45) is 0 Å². The summed E-state index contributed by atoms with van der Waals surface area (Å²) in [5, 5.41) is 3.30. The first-order chi connectivity index (χ1) is 19.2. The number of hydrogen-bond acceptors (Lipinski definition) is 5. The van der Waals surface area contributed by atoms with Gasteiger partial charge in [0.2, 0.25) is 21.8 Å². The highest BCUT2D eigenvalue weighted by Crippen LogP contribution is 2.33. The van der Waals surface area contributed by atoms with Crippen molar-refractivity contribution in [2.45, 2.75) is 52.2 Å². The molecule has 3 aromatic rings. The van der Waals surface area contributed by atoms with E-state index < -0.39 is 34.1 Å².